The van der Waals surface area contributed by atoms with Gasteiger partial charge in [-0.25, -0.2) is 14.4 Å². The van der Waals surface area contributed by atoms with E-state index in [2.05, 4.69) is 53.4 Å². The smallest absolute Gasteiger partial charge is 0.264 e. The average Bonchev–Trinajstić information content (AvgIpc) is 1.45. The third-order valence-corrected chi connectivity index (χ3v) is 20.6. The number of piperidine rings is 4. The summed E-state index contributed by atoms with van der Waals surface area (Å²) in [6.07, 6.45) is 11.7. The predicted molar refractivity (Wildman–Crippen MR) is 333 cm³/mol. The number of nitrogens with one attached hydrogen (secondary N) is 5. The molecule has 6 aliphatic heterocycles. The van der Waals surface area contributed by atoms with Gasteiger partial charge >= 0.3 is 0 Å². The summed E-state index contributed by atoms with van der Waals surface area (Å²) in [6.45, 7) is 15.1. The predicted octanol–water partition coefficient (Wildman–Crippen LogP) is 7.35. The van der Waals surface area contributed by atoms with Gasteiger partial charge in [-0.2, -0.15) is 0 Å². The number of aryl methyl sites for hydroxylation is 1. The lowest BCUT2D eigenvalue weighted by Crippen LogP contribution is -2.58. The molecule has 2 aromatic heterocycles. The second kappa shape index (κ2) is 23.7. The number of rotatable bonds is 16. The zero-order valence-corrected chi connectivity index (χ0v) is 51.5. The van der Waals surface area contributed by atoms with Gasteiger partial charge in [0.15, 0.2) is 5.82 Å². The Labute approximate surface area is 517 Å². The standard InChI is InChI=1S/C67H80FN13O8/c1-38(2)72-61(85)46-32-51(48(68)28-40(46)5)74-59-58-52(71-37-79(58)39(3)4)33-50(73-59)41-12-13-47-54(29-41)80(44-30-43(31-44)77-22-7-6-8-23-77)65(89)67(47)18-26-78(27-19-67)56(83)36-76-24-16-66(17-25-76)34-42(35-66)60(84)70-21-20-69-49-11-9-10-45-57(49)64(88)81(63(45)87)53-14-15-55(82)75-62(53)86/h9-13,28-29,32-33,37-39,42-44,53,69H,6-8,14-27,30-31,34-36H2,1-5H3,(H,70,84)(H,72,85)(H,73,74)(H,75,82,86). The Morgan fingerprint density at radius 2 is 1.56 bits per heavy atom. The lowest BCUT2D eigenvalue weighted by atomic mass is 9.57. The van der Waals surface area contributed by atoms with Gasteiger partial charge in [-0.3, -0.25) is 53.5 Å². The maximum atomic E-state index is 16.0. The van der Waals surface area contributed by atoms with Crippen molar-refractivity contribution in [1.29, 1.82) is 0 Å². The van der Waals surface area contributed by atoms with Crippen molar-refractivity contribution < 1.29 is 42.7 Å². The molecule has 5 N–H and O–H groups in total. The van der Waals surface area contributed by atoms with Crippen molar-refractivity contribution in [3.63, 3.8) is 0 Å². The Morgan fingerprint density at radius 1 is 0.809 bits per heavy atom. The van der Waals surface area contributed by atoms with Gasteiger partial charge in [0.25, 0.3) is 17.7 Å². The van der Waals surface area contributed by atoms with Gasteiger partial charge in [0, 0.05) is 85.2 Å². The Morgan fingerprint density at radius 3 is 2.28 bits per heavy atom. The molecule has 1 unspecified atom stereocenters. The van der Waals surface area contributed by atoms with E-state index in [0.717, 1.165) is 86.4 Å². The summed E-state index contributed by atoms with van der Waals surface area (Å²) in [6, 6.07) is 15.2. The largest absolute Gasteiger partial charge is 0.383 e. The number of imidazole rings is 1. The molecule has 6 fully saturated rings. The summed E-state index contributed by atoms with van der Waals surface area (Å²) in [7, 11) is 0. The molecule has 2 aliphatic carbocycles. The van der Waals surface area contributed by atoms with Crippen LogP contribution in [-0.4, -0.2) is 164 Å². The number of halogens is 1. The van der Waals surface area contributed by atoms with Gasteiger partial charge < -0.3 is 40.5 Å². The first-order chi connectivity index (χ1) is 42.8. The minimum Gasteiger partial charge on any atom is -0.383 e. The summed E-state index contributed by atoms with van der Waals surface area (Å²) in [5, 5.41) is 14.7. The van der Waals surface area contributed by atoms with Crippen LogP contribution in [0.4, 0.5) is 27.3 Å². The highest BCUT2D eigenvalue weighted by atomic mass is 19.1. The van der Waals surface area contributed by atoms with Crippen molar-refractivity contribution in [2.45, 2.75) is 154 Å². The quantitative estimate of drug-likeness (QED) is 0.0479. The summed E-state index contributed by atoms with van der Waals surface area (Å²) in [5.74, 6) is -2.70. The summed E-state index contributed by atoms with van der Waals surface area (Å²) in [5.41, 5.74) is 5.62. The fourth-order valence-electron chi connectivity index (χ4n) is 15.5. The monoisotopic (exact) mass is 1210 g/mol. The number of carbonyl (C=O) groups excluding carboxylic acids is 8. The number of hydrogen-bond donors (Lipinski definition) is 5. The fraction of sp³-hybridized carbons (Fsp3) is 0.522. The van der Waals surface area contributed by atoms with Gasteiger partial charge in [0.2, 0.25) is 29.5 Å². The van der Waals surface area contributed by atoms with Crippen LogP contribution in [0.2, 0.25) is 0 Å². The van der Waals surface area contributed by atoms with Crippen molar-refractivity contribution >= 4 is 81.2 Å². The van der Waals surface area contributed by atoms with Crippen molar-refractivity contribution in [3.8, 4) is 11.3 Å². The van der Waals surface area contributed by atoms with Crippen LogP contribution in [-0.2, 0) is 29.4 Å². The Balaban J connectivity index is 0.643. The van der Waals surface area contributed by atoms with E-state index < -0.39 is 40.9 Å². The minimum absolute atomic E-state index is 0.00592. The lowest BCUT2D eigenvalue weighted by molar-refractivity contribution is -0.139. The second-order valence-electron chi connectivity index (χ2n) is 26.9. The first-order valence-corrected chi connectivity index (χ1v) is 32.1. The molecule has 468 valence electrons. The molecule has 0 radical (unpaired) electrons. The number of amides is 8. The Hall–Kier alpha value is -8.11. The molecule has 3 aromatic carbocycles. The zero-order valence-electron chi connectivity index (χ0n) is 51.5. The molecule has 13 rings (SSSR count). The van der Waals surface area contributed by atoms with Crippen LogP contribution >= 0.6 is 0 Å². The normalized spacial score (nSPS) is 22.6. The molecule has 8 heterocycles. The summed E-state index contributed by atoms with van der Waals surface area (Å²) >= 11 is 0. The van der Waals surface area contributed by atoms with Crippen LogP contribution in [0, 0.1) is 24.1 Å². The molecular weight excluding hydrogens is 1130 g/mol. The molecule has 2 spiro atoms. The molecule has 1 atom stereocenters. The van der Waals surface area contributed by atoms with E-state index in [4.69, 9.17) is 9.97 Å². The van der Waals surface area contributed by atoms with E-state index in [1.165, 1.54) is 31.4 Å². The number of hydrogen-bond acceptors (Lipinski definition) is 14. The number of carbonyl (C=O) groups is 8. The van der Waals surface area contributed by atoms with E-state index in [0.29, 0.717) is 91.0 Å². The first kappa shape index (κ1) is 59.8. The number of aromatic nitrogens is 3. The number of nitrogens with zero attached hydrogens (tertiary/aromatic N) is 8. The highest BCUT2D eigenvalue weighted by Crippen LogP contribution is 2.54. The topological polar surface area (TPSA) is 244 Å². The van der Waals surface area contributed by atoms with Gasteiger partial charge in [-0.15, -0.1) is 0 Å². The van der Waals surface area contributed by atoms with E-state index in [1.54, 1.807) is 31.5 Å². The van der Waals surface area contributed by atoms with Crippen LogP contribution < -0.4 is 31.5 Å². The van der Waals surface area contributed by atoms with E-state index >= 15 is 9.18 Å². The van der Waals surface area contributed by atoms with Crippen molar-refractivity contribution in [3.05, 3.63) is 94.6 Å². The highest BCUT2D eigenvalue weighted by Gasteiger charge is 2.56. The minimum atomic E-state index is -1.06. The number of fused-ring (bicyclic) bond motifs is 4. The molecule has 0 bridgehead atoms. The van der Waals surface area contributed by atoms with Crippen LogP contribution in [0.5, 0.6) is 0 Å². The molecule has 22 heteroatoms. The number of pyridine rings is 1. The molecule has 8 aliphatic rings. The maximum absolute atomic E-state index is 16.0. The molecule has 8 amide bonds. The van der Waals surface area contributed by atoms with Crippen LogP contribution in [0.25, 0.3) is 22.3 Å². The third-order valence-electron chi connectivity index (χ3n) is 20.6. The van der Waals surface area contributed by atoms with E-state index in [-0.39, 0.29) is 82.7 Å². The van der Waals surface area contributed by atoms with Crippen molar-refractivity contribution in [2.24, 2.45) is 11.3 Å². The van der Waals surface area contributed by atoms with E-state index in [9.17, 15) is 33.6 Å². The summed E-state index contributed by atoms with van der Waals surface area (Å²) in [4.78, 5) is 127. The van der Waals surface area contributed by atoms with Gasteiger partial charge in [0.05, 0.1) is 46.3 Å². The molecule has 89 heavy (non-hydrogen) atoms. The van der Waals surface area contributed by atoms with Gasteiger partial charge in [-0.1, -0.05) is 24.6 Å². The van der Waals surface area contributed by atoms with Crippen molar-refractivity contribution in [2.75, 3.05) is 74.4 Å². The molecule has 21 nitrogen and oxygen atoms in total. The average molecular weight is 1210 g/mol. The first-order valence-electron chi connectivity index (χ1n) is 32.1. The summed E-state index contributed by atoms with van der Waals surface area (Å²) < 4.78 is 18.0. The third kappa shape index (κ3) is 11.0. The van der Waals surface area contributed by atoms with E-state index in [1.807, 2.05) is 49.3 Å². The zero-order chi connectivity index (χ0) is 62.2. The lowest BCUT2D eigenvalue weighted by Gasteiger charge is -2.51. The van der Waals surface area contributed by atoms with Crippen molar-refractivity contribution in [1.82, 2.24) is 50.1 Å². The maximum Gasteiger partial charge on any atom is 0.264 e. The van der Waals surface area contributed by atoms with Gasteiger partial charge in [-0.05, 0) is 184 Å². The Kier molecular flexibility index (Phi) is 15.9. The van der Waals surface area contributed by atoms with Gasteiger partial charge in [0.1, 0.15) is 17.4 Å². The number of anilines is 4. The number of imide groups is 2. The SMILES string of the molecule is Cc1cc(F)c(Nc2nc(-c3ccc4c(c3)N(C3CC(N5CCCCC5)C3)C(=O)C43CCN(C(=O)CN4CCC5(CC4)CC(C(=O)NCCNc4cccc6c4C(=O)N(C4CCC(=O)NC4=O)C6=O)C5)CC3)cc3ncn(C(C)C)c23)cc1C(=O)NC(C)C. The highest BCUT2D eigenvalue weighted by molar-refractivity contribution is 6.25. The van der Waals surface area contributed by atoms with Crippen LogP contribution in [0.3, 0.4) is 0 Å². The number of benzene rings is 3. The second-order valence-corrected chi connectivity index (χ2v) is 26.9. The molecular formula is C67H80FN13O8. The Bertz CT molecular complexity index is 3710. The molecule has 2 saturated carbocycles. The molecule has 5 aromatic rings. The molecule has 4 saturated heterocycles. The van der Waals surface area contributed by atoms with Crippen LogP contribution in [0.1, 0.15) is 159 Å². The number of likely N-dealkylation sites (tertiary alicyclic amines) is 3. The van der Waals surface area contributed by atoms with Crippen LogP contribution in [0.15, 0.2) is 60.9 Å². The fourth-order valence-corrected chi connectivity index (χ4v) is 15.5.